The fourth-order valence-corrected chi connectivity index (χ4v) is 2.98. The first-order valence-electron chi connectivity index (χ1n) is 6.97. The Balaban J connectivity index is 1.84. The first-order chi connectivity index (χ1) is 7.45. The van der Waals surface area contributed by atoms with Crippen molar-refractivity contribution in [1.29, 1.82) is 0 Å². The Hall–Kier alpha value is -0.330. The Morgan fingerprint density at radius 3 is 2.40 bits per heavy atom. The summed E-state index contributed by atoms with van der Waals surface area (Å²) in [6.07, 6.45) is 15.6. The SMILES string of the molecule is C1CCCCC2=NCC[C@@H](CCCC1)C2. The van der Waals surface area contributed by atoms with E-state index in [0.29, 0.717) is 0 Å². The van der Waals surface area contributed by atoms with Crippen LogP contribution in [0.2, 0.25) is 0 Å². The monoisotopic (exact) mass is 207 g/mol. The minimum atomic E-state index is 0.983. The van der Waals surface area contributed by atoms with Gasteiger partial charge in [-0.05, 0) is 31.6 Å². The number of fused-ring (bicyclic) bond motifs is 2. The molecular formula is C14H25N. The lowest BCUT2D eigenvalue weighted by Gasteiger charge is -2.22. The van der Waals surface area contributed by atoms with Crippen molar-refractivity contribution in [2.45, 2.75) is 70.6 Å². The van der Waals surface area contributed by atoms with Gasteiger partial charge in [-0.15, -0.1) is 0 Å². The third kappa shape index (κ3) is 3.96. The predicted octanol–water partition coefficient (Wildman–Crippen LogP) is 4.36. The second-order valence-electron chi connectivity index (χ2n) is 5.32. The maximum Gasteiger partial charge on any atom is 0.0391 e. The number of aliphatic imine (C=N–C) groups is 1. The lowest BCUT2D eigenvalue weighted by atomic mass is 9.88. The van der Waals surface area contributed by atoms with Gasteiger partial charge in [-0.1, -0.05) is 44.9 Å². The molecule has 0 spiro atoms. The molecule has 1 aliphatic carbocycles. The molecule has 1 heterocycles. The summed E-state index contributed by atoms with van der Waals surface area (Å²) in [6.45, 7) is 1.12. The average Bonchev–Trinajstić information content (AvgIpc) is 2.26. The van der Waals surface area contributed by atoms with Crippen LogP contribution in [0.5, 0.6) is 0 Å². The largest absolute Gasteiger partial charge is 0.294 e. The summed E-state index contributed by atoms with van der Waals surface area (Å²) >= 11 is 0. The lowest BCUT2D eigenvalue weighted by Crippen LogP contribution is -2.16. The zero-order chi connectivity index (χ0) is 10.3. The maximum absolute atomic E-state index is 4.69. The molecule has 1 saturated carbocycles. The normalized spacial score (nSPS) is 29.9. The molecule has 1 heteroatoms. The number of hydrogen-bond acceptors (Lipinski definition) is 1. The molecule has 0 amide bonds. The van der Waals surface area contributed by atoms with Crippen molar-refractivity contribution in [2.75, 3.05) is 6.54 Å². The molecule has 1 nitrogen and oxygen atoms in total. The smallest absolute Gasteiger partial charge is 0.0391 e. The average molecular weight is 207 g/mol. The van der Waals surface area contributed by atoms with Crippen LogP contribution in [-0.4, -0.2) is 12.3 Å². The molecule has 2 aliphatic rings. The van der Waals surface area contributed by atoms with Crippen LogP contribution in [0.25, 0.3) is 0 Å². The summed E-state index contributed by atoms with van der Waals surface area (Å²) in [5.41, 5.74) is 1.55. The van der Waals surface area contributed by atoms with Gasteiger partial charge in [-0.2, -0.15) is 0 Å². The van der Waals surface area contributed by atoms with E-state index in [1.54, 1.807) is 5.71 Å². The van der Waals surface area contributed by atoms with Gasteiger partial charge in [0, 0.05) is 12.3 Å². The summed E-state index contributed by atoms with van der Waals surface area (Å²) in [5.74, 6) is 0.983. The van der Waals surface area contributed by atoms with E-state index in [9.17, 15) is 0 Å². The van der Waals surface area contributed by atoms with Crippen molar-refractivity contribution < 1.29 is 0 Å². The van der Waals surface area contributed by atoms with Gasteiger partial charge in [-0.3, -0.25) is 4.99 Å². The van der Waals surface area contributed by atoms with Crippen molar-refractivity contribution in [3.05, 3.63) is 0 Å². The van der Waals surface area contributed by atoms with Crippen LogP contribution in [0.1, 0.15) is 70.6 Å². The number of rotatable bonds is 0. The zero-order valence-corrected chi connectivity index (χ0v) is 10.0. The molecule has 15 heavy (non-hydrogen) atoms. The molecule has 0 aromatic heterocycles. The standard InChI is InChI=1S/C14H25N/c1-2-4-6-8-13-10-11-15-14(12-13)9-7-5-3-1/h13H,1-12H2/t13-/m1/s1. The lowest BCUT2D eigenvalue weighted by molar-refractivity contribution is 0.421. The van der Waals surface area contributed by atoms with E-state index in [-0.39, 0.29) is 0 Å². The molecular weight excluding hydrogens is 182 g/mol. The Bertz CT molecular complexity index is 207. The molecule has 86 valence electrons. The summed E-state index contributed by atoms with van der Waals surface area (Å²) in [4.78, 5) is 4.69. The van der Waals surface area contributed by atoms with Gasteiger partial charge in [0.2, 0.25) is 0 Å². The van der Waals surface area contributed by atoms with Gasteiger partial charge in [0.15, 0.2) is 0 Å². The highest BCUT2D eigenvalue weighted by Crippen LogP contribution is 2.25. The molecule has 0 unspecified atom stereocenters. The van der Waals surface area contributed by atoms with Gasteiger partial charge in [0.05, 0.1) is 0 Å². The maximum atomic E-state index is 4.69. The van der Waals surface area contributed by atoms with Gasteiger partial charge < -0.3 is 0 Å². The molecule has 0 N–H and O–H groups in total. The summed E-state index contributed by atoms with van der Waals surface area (Å²) in [5, 5.41) is 0. The Morgan fingerprint density at radius 2 is 1.53 bits per heavy atom. The minimum Gasteiger partial charge on any atom is -0.294 e. The van der Waals surface area contributed by atoms with Gasteiger partial charge in [-0.25, -0.2) is 0 Å². The second-order valence-corrected chi connectivity index (χ2v) is 5.32. The van der Waals surface area contributed by atoms with Crippen LogP contribution in [0.3, 0.4) is 0 Å². The zero-order valence-electron chi connectivity index (χ0n) is 10.0. The Labute approximate surface area is 94.4 Å². The van der Waals surface area contributed by atoms with Gasteiger partial charge >= 0.3 is 0 Å². The van der Waals surface area contributed by atoms with Crippen LogP contribution in [0.15, 0.2) is 4.99 Å². The topological polar surface area (TPSA) is 12.4 Å². The fraction of sp³-hybridized carbons (Fsp3) is 0.929. The molecule has 1 fully saturated rings. The van der Waals surface area contributed by atoms with Crippen LogP contribution in [0, 0.1) is 5.92 Å². The molecule has 2 rings (SSSR count). The van der Waals surface area contributed by atoms with Gasteiger partial charge in [0.1, 0.15) is 0 Å². The molecule has 1 aliphatic heterocycles. The van der Waals surface area contributed by atoms with E-state index in [4.69, 9.17) is 4.99 Å². The van der Waals surface area contributed by atoms with E-state index in [1.165, 1.54) is 70.6 Å². The Kier molecular flexibility index (Phi) is 4.69. The molecule has 2 bridgehead atoms. The highest BCUT2D eigenvalue weighted by atomic mass is 14.7. The summed E-state index contributed by atoms with van der Waals surface area (Å²) < 4.78 is 0. The quantitative estimate of drug-likeness (QED) is 0.559. The van der Waals surface area contributed by atoms with Crippen LogP contribution < -0.4 is 0 Å². The Morgan fingerprint density at radius 1 is 0.800 bits per heavy atom. The summed E-state index contributed by atoms with van der Waals surface area (Å²) in [6, 6.07) is 0. The van der Waals surface area contributed by atoms with Crippen LogP contribution >= 0.6 is 0 Å². The van der Waals surface area contributed by atoms with E-state index in [2.05, 4.69) is 0 Å². The molecule has 0 radical (unpaired) electrons. The number of hydrogen-bond donors (Lipinski definition) is 0. The fourth-order valence-electron chi connectivity index (χ4n) is 2.98. The molecule has 1 atom stereocenters. The highest BCUT2D eigenvalue weighted by molar-refractivity contribution is 5.85. The first-order valence-corrected chi connectivity index (χ1v) is 6.97. The second kappa shape index (κ2) is 6.30. The molecule has 0 aromatic rings. The van der Waals surface area contributed by atoms with E-state index >= 15 is 0 Å². The molecule has 0 aromatic carbocycles. The first kappa shape index (κ1) is 11.2. The van der Waals surface area contributed by atoms with E-state index in [0.717, 1.165) is 12.5 Å². The summed E-state index contributed by atoms with van der Waals surface area (Å²) in [7, 11) is 0. The minimum absolute atomic E-state index is 0.983. The van der Waals surface area contributed by atoms with Crippen molar-refractivity contribution in [2.24, 2.45) is 10.9 Å². The third-order valence-corrected chi connectivity index (χ3v) is 3.97. The van der Waals surface area contributed by atoms with E-state index < -0.39 is 0 Å². The van der Waals surface area contributed by atoms with Crippen LogP contribution in [0.4, 0.5) is 0 Å². The van der Waals surface area contributed by atoms with Crippen LogP contribution in [-0.2, 0) is 0 Å². The van der Waals surface area contributed by atoms with Gasteiger partial charge in [0.25, 0.3) is 0 Å². The van der Waals surface area contributed by atoms with Crippen molar-refractivity contribution in [1.82, 2.24) is 0 Å². The van der Waals surface area contributed by atoms with Crippen molar-refractivity contribution in [3.8, 4) is 0 Å². The van der Waals surface area contributed by atoms with E-state index in [1.807, 2.05) is 0 Å². The highest BCUT2D eigenvalue weighted by Gasteiger charge is 2.16. The van der Waals surface area contributed by atoms with Crippen molar-refractivity contribution in [3.63, 3.8) is 0 Å². The third-order valence-electron chi connectivity index (χ3n) is 3.97. The number of nitrogens with zero attached hydrogens (tertiary/aromatic N) is 1. The van der Waals surface area contributed by atoms with Crippen molar-refractivity contribution >= 4 is 5.71 Å². The predicted molar refractivity (Wildman–Crippen MR) is 66.6 cm³/mol. The molecule has 0 saturated heterocycles.